The number of allylic oxidation sites excluding steroid dienone is 1. The molecule has 0 aromatic heterocycles. The van der Waals surface area contributed by atoms with Gasteiger partial charge >= 0.3 is 0 Å². The summed E-state index contributed by atoms with van der Waals surface area (Å²) in [5, 5.41) is 0. The van der Waals surface area contributed by atoms with Crippen LogP contribution in [-0.2, 0) is 0 Å². The van der Waals surface area contributed by atoms with Gasteiger partial charge in [-0.05, 0) is 91.9 Å². The fraction of sp³-hybridized carbons (Fsp3) is 0.900. The SMILES string of the molecule is C=C1C[C@@]23CCC4[C@](C)(CN)CCC[C@@]4(C)C2CC[C@@H]1C3. The number of rotatable bonds is 1. The Kier molecular flexibility index (Phi) is 2.98. The molecule has 1 spiro atoms. The van der Waals surface area contributed by atoms with Crippen molar-refractivity contribution in [1.29, 1.82) is 0 Å². The highest BCUT2D eigenvalue weighted by molar-refractivity contribution is 5.22. The lowest BCUT2D eigenvalue weighted by Crippen LogP contribution is -2.57. The Balaban J connectivity index is 1.73. The van der Waals surface area contributed by atoms with E-state index in [9.17, 15) is 0 Å². The molecule has 0 saturated heterocycles. The molecule has 0 aliphatic heterocycles. The van der Waals surface area contributed by atoms with Crippen LogP contribution in [0.3, 0.4) is 0 Å². The van der Waals surface area contributed by atoms with Gasteiger partial charge in [-0.25, -0.2) is 0 Å². The van der Waals surface area contributed by atoms with Gasteiger partial charge in [0.05, 0.1) is 0 Å². The maximum atomic E-state index is 6.25. The topological polar surface area (TPSA) is 26.0 Å². The zero-order valence-corrected chi connectivity index (χ0v) is 14.1. The minimum atomic E-state index is 0.404. The third-order valence-corrected chi connectivity index (χ3v) is 8.65. The predicted molar refractivity (Wildman–Crippen MR) is 88.9 cm³/mol. The zero-order valence-electron chi connectivity index (χ0n) is 14.1. The second-order valence-corrected chi connectivity index (χ2v) is 9.54. The van der Waals surface area contributed by atoms with Crippen molar-refractivity contribution in [3.8, 4) is 0 Å². The van der Waals surface area contributed by atoms with E-state index in [0.29, 0.717) is 16.2 Å². The van der Waals surface area contributed by atoms with Gasteiger partial charge in [0.1, 0.15) is 0 Å². The maximum absolute atomic E-state index is 6.25. The first-order valence-corrected chi connectivity index (χ1v) is 9.31. The Labute approximate surface area is 130 Å². The molecule has 0 amide bonds. The summed E-state index contributed by atoms with van der Waals surface area (Å²) in [5.74, 6) is 2.68. The lowest BCUT2D eigenvalue weighted by Gasteiger charge is -2.64. The Morgan fingerprint density at radius 3 is 2.67 bits per heavy atom. The van der Waals surface area contributed by atoms with Crippen LogP contribution >= 0.6 is 0 Å². The molecular weight excluding hydrogens is 254 g/mol. The van der Waals surface area contributed by atoms with E-state index in [1.54, 1.807) is 5.57 Å². The monoisotopic (exact) mass is 287 g/mol. The fourth-order valence-electron chi connectivity index (χ4n) is 7.73. The summed E-state index contributed by atoms with van der Waals surface area (Å²) >= 11 is 0. The van der Waals surface area contributed by atoms with Gasteiger partial charge in [-0.3, -0.25) is 0 Å². The highest BCUT2D eigenvalue weighted by Gasteiger charge is 2.63. The summed E-state index contributed by atoms with van der Waals surface area (Å²) in [4.78, 5) is 0. The van der Waals surface area contributed by atoms with Gasteiger partial charge in [-0.1, -0.05) is 32.4 Å². The molecule has 2 unspecified atom stereocenters. The number of hydrogen-bond donors (Lipinski definition) is 1. The fourth-order valence-corrected chi connectivity index (χ4v) is 7.73. The van der Waals surface area contributed by atoms with Crippen LogP contribution < -0.4 is 5.73 Å². The Morgan fingerprint density at radius 2 is 1.90 bits per heavy atom. The molecule has 4 aliphatic rings. The number of hydrogen-bond acceptors (Lipinski definition) is 1. The van der Waals surface area contributed by atoms with E-state index in [1.165, 1.54) is 57.8 Å². The Hall–Kier alpha value is -0.300. The van der Waals surface area contributed by atoms with Gasteiger partial charge in [-0.2, -0.15) is 0 Å². The van der Waals surface area contributed by atoms with Crippen LogP contribution in [0.15, 0.2) is 12.2 Å². The van der Waals surface area contributed by atoms with Crippen LogP contribution in [0.2, 0.25) is 0 Å². The first-order valence-electron chi connectivity index (χ1n) is 9.31. The van der Waals surface area contributed by atoms with Crippen molar-refractivity contribution in [2.24, 2.45) is 39.7 Å². The highest BCUT2D eigenvalue weighted by atomic mass is 14.7. The maximum Gasteiger partial charge on any atom is -0.00203 e. The standard InChI is InChI=1S/C20H33N/c1-14-11-20-10-7-16-18(2,13-21)8-4-9-19(16,3)17(20)6-5-15(14)12-20/h15-17H,1,4-13,21H2,2-3H3/t15-,16?,17?,18+,19-,20-/m1/s1. The van der Waals surface area contributed by atoms with Gasteiger partial charge in [0.15, 0.2) is 0 Å². The van der Waals surface area contributed by atoms with E-state index < -0.39 is 0 Å². The second kappa shape index (κ2) is 4.37. The molecule has 4 rings (SSSR count). The van der Waals surface area contributed by atoms with Crippen molar-refractivity contribution in [1.82, 2.24) is 0 Å². The average molecular weight is 287 g/mol. The minimum Gasteiger partial charge on any atom is -0.330 e. The Morgan fingerprint density at radius 1 is 1.10 bits per heavy atom. The summed E-state index contributed by atoms with van der Waals surface area (Å²) < 4.78 is 0. The van der Waals surface area contributed by atoms with E-state index in [0.717, 1.165) is 24.3 Å². The lowest BCUT2D eigenvalue weighted by atomic mass is 9.41. The van der Waals surface area contributed by atoms with E-state index >= 15 is 0 Å². The molecule has 0 heterocycles. The normalized spacial score (nSPS) is 56.0. The first-order chi connectivity index (χ1) is 9.94. The molecule has 0 radical (unpaired) electrons. The van der Waals surface area contributed by atoms with Crippen molar-refractivity contribution in [2.75, 3.05) is 6.54 Å². The second-order valence-electron chi connectivity index (χ2n) is 9.54. The molecule has 4 fully saturated rings. The smallest absolute Gasteiger partial charge is 0.00203 e. The minimum absolute atomic E-state index is 0.404. The molecule has 118 valence electrons. The molecule has 1 nitrogen and oxygen atoms in total. The molecule has 1 heteroatoms. The third kappa shape index (κ3) is 1.73. The zero-order chi connectivity index (χ0) is 14.9. The van der Waals surface area contributed by atoms with Crippen LogP contribution in [0.25, 0.3) is 0 Å². The van der Waals surface area contributed by atoms with E-state index in [2.05, 4.69) is 20.4 Å². The average Bonchev–Trinajstić information content (AvgIpc) is 2.68. The van der Waals surface area contributed by atoms with Crippen LogP contribution in [0.1, 0.15) is 71.6 Å². The van der Waals surface area contributed by atoms with Crippen molar-refractivity contribution in [2.45, 2.75) is 71.6 Å². The molecule has 2 N–H and O–H groups in total. The third-order valence-electron chi connectivity index (χ3n) is 8.65. The van der Waals surface area contributed by atoms with Crippen LogP contribution in [0.4, 0.5) is 0 Å². The number of nitrogens with two attached hydrogens (primary N) is 1. The first kappa shape index (κ1) is 14.3. The molecular formula is C20H33N. The summed E-state index contributed by atoms with van der Waals surface area (Å²) in [6.45, 7) is 10.5. The largest absolute Gasteiger partial charge is 0.330 e. The van der Waals surface area contributed by atoms with Gasteiger partial charge < -0.3 is 5.73 Å². The highest BCUT2D eigenvalue weighted by Crippen LogP contribution is 2.71. The summed E-state index contributed by atoms with van der Waals surface area (Å²) in [5.41, 5.74) is 9.44. The van der Waals surface area contributed by atoms with Gasteiger partial charge in [0, 0.05) is 0 Å². The summed E-state index contributed by atoms with van der Waals surface area (Å²) in [6, 6.07) is 0. The van der Waals surface area contributed by atoms with E-state index in [4.69, 9.17) is 5.73 Å². The van der Waals surface area contributed by atoms with Crippen LogP contribution in [0.5, 0.6) is 0 Å². The quantitative estimate of drug-likeness (QED) is 0.681. The Bertz CT molecular complexity index is 468. The lowest BCUT2D eigenvalue weighted by molar-refractivity contribution is -0.146. The van der Waals surface area contributed by atoms with Crippen molar-refractivity contribution >= 4 is 0 Å². The van der Waals surface area contributed by atoms with E-state index in [-0.39, 0.29) is 0 Å². The van der Waals surface area contributed by atoms with Crippen molar-refractivity contribution in [3.05, 3.63) is 12.2 Å². The number of fused-ring (bicyclic) bond motifs is 3. The molecule has 4 saturated carbocycles. The molecule has 2 bridgehead atoms. The van der Waals surface area contributed by atoms with Crippen LogP contribution in [0, 0.1) is 34.0 Å². The summed E-state index contributed by atoms with van der Waals surface area (Å²) in [6.07, 6.45) is 12.8. The van der Waals surface area contributed by atoms with Crippen molar-refractivity contribution < 1.29 is 0 Å². The predicted octanol–water partition coefficient (Wildman–Crippen LogP) is 4.91. The van der Waals surface area contributed by atoms with Gasteiger partial charge in [0.2, 0.25) is 0 Å². The molecule has 21 heavy (non-hydrogen) atoms. The summed E-state index contributed by atoms with van der Waals surface area (Å²) in [7, 11) is 0. The van der Waals surface area contributed by atoms with Crippen LogP contribution in [-0.4, -0.2) is 6.54 Å². The van der Waals surface area contributed by atoms with E-state index in [1.807, 2.05) is 0 Å². The molecule has 6 atom stereocenters. The molecule has 0 aromatic carbocycles. The van der Waals surface area contributed by atoms with Gasteiger partial charge in [-0.15, -0.1) is 0 Å². The van der Waals surface area contributed by atoms with Crippen molar-refractivity contribution in [3.63, 3.8) is 0 Å². The molecule has 4 aliphatic carbocycles. The molecule has 0 aromatic rings. The van der Waals surface area contributed by atoms with Gasteiger partial charge in [0.25, 0.3) is 0 Å².